The van der Waals surface area contributed by atoms with Gasteiger partial charge in [0.15, 0.2) is 0 Å². The number of primary sulfonamides is 1. The van der Waals surface area contributed by atoms with E-state index in [2.05, 4.69) is 11.9 Å². The predicted molar refractivity (Wildman–Crippen MR) is 59.0 cm³/mol. The molecule has 3 N–H and O–H groups in total. The van der Waals surface area contributed by atoms with E-state index in [1.807, 2.05) is 0 Å². The Balaban J connectivity index is 2.38. The van der Waals surface area contributed by atoms with E-state index in [1.54, 1.807) is 6.08 Å². The molecule has 1 amide bonds. The van der Waals surface area contributed by atoms with Crippen LogP contribution in [-0.4, -0.2) is 39.3 Å². The molecule has 1 rings (SSSR count). The average Bonchev–Trinajstić information content (AvgIpc) is 2.63. The first-order chi connectivity index (χ1) is 7.44. The summed E-state index contributed by atoms with van der Waals surface area (Å²) in [5.41, 5.74) is 0. The number of rotatable bonds is 5. The fraction of sp³-hybridized carbons (Fsp3) is 0.667. The van der Waals surface area contributed by atoms with Gasteiger partial charge < -0.3 is 10.1 Å². The lowest BCUT2D eigenvalue weighted by atomic mass is 10.0. The van der Waals surface area contributed by atoms with Gasteiger partial charge in [0.05, 0.1) is 17.8 Å². The first kappa shape index (κ1) is 13.1. The second-order valence-corrected chi connectivity index (χ2v) is 5.36. The summed E-state index contributed by atoms with van der Waals surface area (Å²) < 4.78 is 26.5. The Morgan fingerprint density at radius 1 is 1.62 bits per heavy atom. The van der Waals surface area contributed by atoms with Gasteiger partial charge in [-0.25, -0.2) is 13.6 Å². The van der Waals surface area contributed by atoms with Crippen LogP contribution in [0.1, 0.15) is 6.42 Å². The zero-order valence-corrected chi connectivity index (χ0v) is 9.70. The van der Waals surface area contributed by atoms with Crippen LogP contribution in [0.4, 0.5) is 0 Å². The van der Waals surface area contributed by atoms with Gasteiger partial charge >= 0.3 is 0 Å². The highest BCUT2D eigenvalue weighted by Gasteiger charge is 2.31. The molecule has 0 aromatic heterocycles. The van der Waals surface area contributed by atoms with Crippen LogP contribution in [0.25, 0.3) is 0 Å². The van der Waals surface area contributed by atoms with E-state index >= 15 is 0 Å². The van der Waals surface area contributed by atoms with E-state index < -0.39 is 10.0 Å². The van der Waals surface area contributed by atoms with Crippen LogP contribution in [-0.2, 0) is 19.6 Å². The fourth-order valence-corrected chi connectivity index (χ4v) is 1.96. The Morgan fingerprint density at radius 3 is 2.88 bits per heavy atom. The van der Waals surface area contributed by atoms with E-state index in [9.17, 15) is 13.2 Å². The maximum absolute atomic E-state index is 11.6. The molecule has 7 heteroatoms. The lowest BCUT2D eigenvalue weighted by molar-refractivity contribution is -0.125. The van der Waals surface area contributed by atoms with Crippen LogP contribution in [0.15, 0.2) is 12.7 Å². The maximum atomic E-state index is 11.6. The molecule has 1 heterocycles. The van der Waals surface area contributed by atoms with Gasteiger partial charge in [-0.1, -0.05) is 6.08 Å². The smallest absolute Gasteiger partial charge is 0.226 e. The number of amides is 1. The minimum Gasteiger partial charge on any atom is -0.373 e. The second kappa shape index (κ2) is 5.42. The van der Waals surface area contributed by atoms with Gasteiger partial charge in [0.2, 0.25) is 15.9 Å². The van der Waals surface area contributed by atoms with Crippen molar-refractivity contribution in [2.24, 2.45) is 11.1 Å². The fourth-order valence-electron chi connectivity index (χ4n) is 1.57. The molecule has 1 aliphatic rings. The van der Waals surface area contributed by atoms with Crippen LogP contribution >= 0.6 is 0 Å². The highest BCUT2D eigenvalue weighted by atomic mass is 32.2. The van der Waals surface area contributed by atoms with Crippen LogP contribution < -0.4 is 10.5 Å². The van der Waals surface area contributed by atoms with E-state index in [0.717, 1.165) is 0 Å². The molecule has 0 aromatic rings. The van der Waals surface area contributed by atoms with Gasteiger partial charge in [0.25, 0.3) is 0 Å². The zero-order chi connectivity index (χ0) is 12.2. The normalized spacial score (nSPS) is 25.3. The van der Waals surface area contributed by atoms with E-state index in [0.29, 0.717) is 13.0 Å². The SMILES string of the molecule is C=C[C@@H]1OCC[C@H]1C(=O)NCCS(N)(=O)=O. The minimum atomic E-state index is -3.53. The number of nitrogens with one attached hydrogen (secondary N) is 1. The van der Waals surface area contributed by atoms with E-state index in [4.69, 9.17) is 9.88 Å². The Labute approximate surface area is 94.9 Å². The number of carbonyl (C=O) groups is 1. The summed E-state index contributed by atoms with van der Waals surface area (Å²) in [4.78, 5) is 11.6. The zero-order valence-electron chi connectivity index (χ0n) is 8.89. The Kier molecular flexibility index (Phi) is 4.45. The first-order valence-corrected chi connectivity index (χ1v) is 6.68. The number of nitrogens with two attached hydrogens (primary N) is 1. The quantitative estimate of drug-likeness (QED) is 0.608. The number of ether oxygens (including phenoxy) is 1. The minimum absolute atomic E-state index is 0.0258. The molecule has 0 aliphatic carbocycles. The van der Waals surface area contributed by atoms with Crippen molar-refractivity contribution < 1.29 is 17.9 Å². The van der Waals surface area contributed by atoms with E-state index in [1.165, 1.54) is 0 Å². The van der Waals surface area contributed by atoms with E-state index in [-0.39, 0.29) is 30.2 Å². The summed E-state index contributed by atoms with van der Waals surface area (Å²) in [5.74, 6) is -0.755. The third kappa shape index (κ3) is 3.92. The Hall–Kier alpha value is -0.920. The maximum Gasteiger partial charge on any atom is 0.226 e. The molecule has 6 nitrogen and oxygen atoms in total. The molecular formula is C9H16N2O4S. The molecule has 1 saturated heterocycles. The summed E-state index contributed by atoms with van der Waals surface area (Å²) >= 11 is 0. The molecule has 1 aliphatic heterocycles. The van der Waals surface area contributed by atoms with Gasteiger partial charge in [-0.3, -0.25) is 4.79 Å². The van der Waals surface area contributed by atoms with Gasteiger partial charge in [0.1, 0.15) is 0 Å². The summed E-state index contributed by atoms with van der Waals surface area (Å²) in [6.45, 7) is 4.12. The Bertz CT molecular complexity index is 366. The van der Waals surface area contributed by atoms with Crippen LogP contribution in [0.2, 0.25) is 0 Å². The van der Waals surface area contributed by atoms with Gasteiger partial charge in [0, 0.05) is 13.2 Å². The topological polar surface area (TPSA) is 98.5 Å². The van der Waals surface area contributed by atoms with Crippen molar-refractivity contribution in [2.75, 3.05) is 18.9 Å². The average molecular weight is 248 g/mol. The molecular weight excluding hydrogens is 232 g/mol. The molecule has 0 spiro atoms. The van der Waals surface area contributed by atoms with Crippen LogP contribution in [0.3, 0.4) is 0 Å². The largest absolute Gasteiger partial charge is 0.373 e. The molecule has 0 bridgehead atoms. The summed E-state index contributed by atoms with van der Waals surface area (Å²) in [6, 6.07) is 0. The monoisotopic (exact) mass is 248 g/mol. The van der Waals surface area contributed by atoms with Crippen molar-refractivity contribution in [3.05, 3.63) is 12.7 Å². The second-order valence-electron chi connectivity index (χ2n) is 3.62. The van der Waals surface area contributed by atoms with Crippen molar-refractivity contribution in [3.63, 3.8) is 0 Å². The third-order valence-electron chi connectivity index (χ3n) is 2.39. The standard InChI is InChI=1S/C9H16N2O4S/c1-2-8-7(3-5-15-8)9(12)11-4-6-16(10,13)14/h2,7-8H,1,3-6H2,(H,11,12)(H2,10,13,14)/t7-,8+/m1/s1. The number of sulfonamides is 1. The van der Waals surface area contributed by atoms with Gasteiger partial charge in [-0.15, -0.1) is 6.58 Å². The highest BCUT2D eigenvalue weighted by Crippen LogP contribution is 2.21. The van der Waals surface area contributed by atoms with Crippen molar-refractivity contribution in [3.8, 4) is 0 Å². The number of carbonyl (C=O) groups excluding carboxylic acids is 1. The summed E-state index contributed by atoms with van der Waals surface area (Å²) in [6.07, 6.45) is 1.92. The summed E-state index contributed by atoms with van der Waals surface area (Å²) in [5, 5.41) is 7.33. The van der Waals surface area contributed by atoms with Crippen LogP contribution in [0, 0.1) is 5.92 Å². The van der Waals surface area contributed by atoms with Crippen LogP contribution in [0.5, 0.6) is 0 Å². The molecule has 0 aromatic carbocycles. The van der Waals surface area contributed by atoms with Crippen molar-refractivity contribution >= 4 is 15.9 Å². The predicted octanol–water partition coefficient (Wildman–Crippen LogP) is -1.02. The first-order valence-electron chi connectivity index (χ1n) is 4.96. The molecule has 1 fully saturated rings. The molecule has 0 saturated carbocycles. The molecule has 0 unspecified atom stereocenters. The third-order valence-corrected chi connectivity index (χ3v) is 3.16. The lowest BCUT2D eigenvalue weighted by Crippen LogP contribution is -2.37. The van der Waals surface area contributed by atoms with Gasteiger partial charge in [-0.2, -0.15) is 0 Å². The summed E-state index contributed by atoms with van der Waals surface area (Å²) in [7, 11) is -3.53. The molecule has 2 atom stereocenters. The Morgan fingerprint density at radius 2 is 2.31 bits per heavy atom. The van der Waals surface area contributed by atoms with Crippen molar-refractivity contribution in [1.29, 1.82) is 0 Å². The lowest BCUT2D eigenvalue weighted by Gasteiger charge is -2.14. The molecule has 92 valence electrons. The van der Waals surface area contributed by atoms with Crippen molar-refractivity contribution in [1.82, 2.24) is 5.32 Å². The number of hydrogen-bond donors (Lipinski definition) is 2. The molecule has 16 heavy (non-hydrogen) atoms. The molecule has 0 radical (unpaired) electrons. The highest BCUT2D eigenvalue weighted by molar-refractivity contribution is 7.89. The number of hydrogen-bond acceptors (Lipinski definition) is 4. The van der Waals surface area contributed by atoms with Gasteiger partial charge in [-0.05, 0) is 6.42 Å². The van der Waals surface area contributed by atoms with Crippen molar-refractivity contribution in [2.45, 2.75) is 12.5 Å².